The molecule has 4 aliphatic carbocycles. The van der Waals surface area contributed by atoms with Crippen molar-refractivity contribution in [1.29, 1.82) is 0 Å². The van der Waals surface area contributed by atoms with Gasteiger partial charge in [-0.25, -0.2) is 9.78 Å². The first kappa shape index (κ1) is 25.6. The molecular formula is C32H44O5. The minimum atomic E-state index is -0.635. The Balaban J connectivity index is 1.11. The molecule has 7 unspecified atom stereocenters. The van der Waals surface area contributed by atoms with Gasteiger partial charge in [0.25, 0.3) is 0 Å². The molecule has 1 aromatic rings. The summed E-state index contributed by atoms with van der Waals surface area (Å²) in [6.45, 7) is 11.5. The van der Waals surface area contributed by atoms with Crippen LogP contribution in [0.2, 0.25) is 0 Å². The van der Waals surface area contributed by atoms with Crippen LogP contribution in [0.4, 0.5) is 0 Å². The minimum Gasteiger partial charge on any atom is -0.497 e. The second kappa shape index (κ2) is 9.20. The lowest BCUT2D eigenvalue weighted by atomic mass is 9.44. The van der Waals surface area contributed by atoms with Crippen LogP contribution in [0.1, 0.15) is 84.1 Å². The van der Waals surface area contributed by atoms with E-state index in [1.807, 2.05) is 31.2 Å². The summed E-state index contributed by atoms with van der Waals surface area (Å²) in [6.07, 6.45) is 9.93. The standard InChI is InChI=1S/C32H44O5/c1-20(22-6-9-24(34-5)10-7-22)29-19-35-32(37-36-29)17-16-30(3)23(18-32)8-11-25-27-13-12-26(21(2)33)31(27,4)15-14-28(25)30/h6-7,9-10,23,25-29H,1,8,11-19H2,2-5H3/t23?,25?,26?,27?,28?,29?,30-,31+,32?/m0/s1. The van der Waals surface area contributed by atoms with Gasteiger partial charge in [0, 0.05) is 18.8 Å². The molecule has 1 saturated heterocycles. The number of methoxy groups -OCH3 is 1. The molecule has 5 nitrogen and oxygen atoms in total. The van der Waals surface area contributed by atoms with E-state index in [2.05, 4.69) is 20.4 Å². The zero-order valence-corrected chi connectivity index (χ0v) is 23.1. The third-order valence-corrected chi connectivity index (χ3v) is 11.8. The summed E-state index contributed by atoms with van der Waals surface area (Å²) >= 11 is 0. The maximum absolute atomic E-state index is 12.5. The van der Waals surface area contributed by atoms with Crippen LogP contribution in [0.25, 0.3) is 5.57 Å². The Hall–Kier alpha value is -1.69. The topological polar surface area (TPSA) is 54.0 Å². The van der Waals surface area contributed by atoms with Gasteiger partial charge in [-0.05, 0) is 110 Å². The quantitative estimate of drug-likeness (QED) is 0.410. The summed E-state index contributed by atoms with van der Waals surface area (Å²) in [4.78, 5) is 24.5. The van der Waals surface area contributed by atoms with Gasteiger partial charge in [0.1, 0.15) is 17.6 Å². The number of carbonyl (C=O) groups is 1. The highest BCUT2D eigenvalue weighted by molar-refractivity contribution is 5.79. The Morgan fingerprint density at radius 2 is 1.73 bits per heavy atom. The summed E-state index contributed by atoms with van der Waals surface area (Å²) in [5.41, 5.74) is 2.41. The van der Waals surface area contributed by atoms with Gasteiger partial charge in [-0.15, -0.1) is 0 Å². The third kappa shape index (κ3) is 4.03. The van der Waals surface area contributed by atoms with E-state index in [-0.39, 0.29) is 17.4 Å². The van der Waals surface area contributed by atoms with Crippen LogP contribution in [0.5, 0.6) is 5.75 Å². The molecule has 5 aliphatic rings. The molecule has 1 aliphatic heterocycles. The second-order valence-electron chi connectivity index (χ2n) is 13.3. The first-order chi connectivity index (χ1) is 17.7. The largest absolute Gasteiger partial charge is 0.497 e. The van der Waals surface area contributed by atoms with E-state index in [0.717, 1.165) is 54.4 Å². The highest BCUT2D eigenvalue weighted by atomic mass is 17.2. The first-order valence-corrected chi connectivity index (χ1v) is 14.5. The fourth-order valence-corrected chi connectivity index (χ4v) is 9.65. The minimum absolute atomic E-state index is 0.219. The van der Waals surface area contributed by atoms with Crippen molar-refractivity contribution in [2.45, 2.75) is 90.4 Å². The summed E-state index contributed by atoms with van der Waals surface area (Å²) in [5.74, 6) is 3.69. The fourth-order valence-electron chi connectivity index (χ4n) is 9.65. The molecule has 9 atom stereocenters. The van der Waals surface area contributed by atoms with Crippen LogP contribution in [0.3, 0.4) is 0 Å². The number of hydrogen-bond acceptors (Lipinski definition) is 5. The zero-order valence-electron chi connectivity index (χ0n) is 23.1. The molecular weight excluding hydrogens is 464 g/mol. The van der Waals surface area contributed by atoms with E-state index in [9.17, 15) is 4.79 Å². The average molecular weight is 509 g/mol. The number of ether oxygens (including phenoxy) is 2. The number of fused-ring (bicyclic) bond motifs is 5. The molecule has 1 spiro atoms. The molecule has 202 valence electrons. The van der Waals surface area contributed by atoms with Crippen LogP contribution in [0.15, 0.2) is 30.8 Å². The van der Waals surface area contributed by atoms with Crippen molar-refractivity contribution in [1.82, 2.24) is 0 Å². The van der Waals surface area contributed by atoms with Crippen LogP contribution in [-0.4, -0.2) is 31.4 Å². The molecule has 1 aromatic carbocycles. The lowest BCUT2D eigenvalue weighted by Gasteiger charge is -2.62. The monoisotopic (exact) mass is 508 g/mol. The van der Waals surface area contributed by atoms with Crippen LogP contribution in [0, 0.1) is 40.4 Å². The Labute approximate surface area is 222 Å². The van der Waals surface area contributed by atoms with Crippen molar-refractivity contribution >= 4 is 11.4 Å². The number of benzene rings is 1. The summed E-state index contributed by atoms with van der Waals surface area (Å²) in [5, 5.41) is 0. The van der Waals surface area contributed by atoms with Crippen molar-refractivity contribution in [3.05, 3.63) is 36.4 Å². The molecule has 0 N–H and O–H groups in total. The number of carbonyl (C=O) groups excluding carboxylic acids is 1. The third-order valence-electron chi connectivity index (χ3n) is 11.8. The van der Waals surface area contributed by atoms with Crippen molar-refractivity contribution in [2.24, 2.45) is 40.4 Å². The van der Waals surface area contributed by atoms with Gasteiger partial charge in [0.15, 0.2) is 0 Å². The second-order valence-corrected chi connectivity index (χ2v) is 13.3. The molecule has 37 heavy (non-hydrogen) atoms. The number of rotatable bonds is 4. The van der Waals surface area contributed by atoms with Crippen molar-refractivity contribution in [2.75, 3.05) is 13.7 Å². The van der Waals surface area contributed by atoms with Crippen LogP contribution in [-0.2, 0) is 19.3 Å². The summed E-state index contributed by atoms with van der Waals surface area (Å²) < 4.78 is 11.8. The van der Waals surface area contributed by atoms with E-state index >= 15 is 0 Å². The highest BCUT2D eigenvalue weighted by Crippen LogP contribution is 2.68. The molecule has 5 heteroatoms. The molecule has 0 aromatic heterocycles. The van der Waals surface area contributed by atoms with Gasteiger partial charge in [-0.1, -0.05) is 32.6 Å². The Morgan fingerprint density at radius 1 is 0.973 bits per heavy atom. The van der Waals surface area contributed by atoms with E-state index in [0.29, 0.717) is 29.6 Å². The van der Waals surface area contributed by atoms with Gasteiger partial charge in [0.05, 0.1) is 13.7 Å². The Morgan fingerprint density at radius 3 is 2.41 bits per heavy atom. The maximum Gasteiger partial charge on any atom is 0.202 e. The molecule has 6 rings (SSSR count). The van der Waals surface area contributed by atoms with Gasteiger partial charge in [0.2, 0.25) is 5.79 Å². The first-order valence-electron chi connectivity index (χ1n) is 14.5. The lowest BCUT2D eigenvalue weighted by molar-refractivity contribution is -0.489. The SMILES string of the molecule is C=C(c1ccc(OC)cc1)C1COC2(CC[C@@]3(C)C(CCC4C3CC[C@]3(C)C(C(C)=O)CCC43)C2)OO1. The Kier molecular flexibility index (Phi) is 6.36. The van der Waals surface area contributed by atoms with Gasteiger partial charge in [-0.2, -0.15) is 0 Å². The number of Topliss-reactive ketones (excluding diaryl/α,β-unsaturated/α-hetero) is 1. The van der Waals surface area contributed by atoms with E-state index < -0.39 is 5.79 Å². The molecule has 4 saturated carbocycles. The summed E-state index contributed by atoms with van der Waals surface area (Å²) in [6, 6.07) is 7.87. The van der Waals surface area contributed by atoms with Crippen molar-refractivity contribution in [3.8, 4) is 5.75 Å². The maximum atomic E-state index is 12.5. The Bertz CT molecular complexity index is 1040. The number of hydrogen-bond donors (Lipinski definition) is 0. The molecule has 0 bridgehead atoms. The lowest BCUT2D eigenvalue weighted by Crippen LogP contribution is -2.58. The van der Waals surface area contributed by atoms with Gasteiger partial charge < -0.3 is 9.47 Å². The average Bonchev–Trinajstić information content (AvgIpc) is 3.27. The number of ketones is 1. The van der Waals surface area contributed by atoms with Gasteiger partial charge in [-0.3, -0.25) is 4.79 Å². The van der Waals surface area contributed by atoms with E-state index in [1.54, 1.807) is 7.11 Å². The predicted molar refractivity (Wildman–Crippen MR) is 143 cm³/mol. The molecule has 5 fully saturated rings. The highest BCUT2D eigenvalue weighted by Gasteiger charge is 2.62. The van der Waals surface area contributed by atoms with E-state index in [4.69, 9.17) is 19.2 Å². The predicted octanol–water partition coefficient (Wildman–Crippen LogP) is 7.00. The van der Waals surface area contributed by atoms with Crippen LogP contribution < -0.4 is 4.74 Å². The smallest absolute Gasteiger partial charge is 0.202 e. The molecule has 1 heterocycles. The normalized spacial score (nSPS) is 45.0. The zero-order chi connectivity index (χ0) is 26.0. The van der Waals surface area contributed by atoms with Gasteiger partial charge >= 0.3 is 0 Å². The molecule has 0 amide bonds. The summed E-state index contributed by atoms with van der Waals surface area (Å²) in [7, 11) is 1.67. The molecule has 0 radical (unpaired) electrons. The fraction of sp³-hybridized carbons (Fsp3) is 0.719. The van der Waals surface area contributed by atoms with Crippen molar-refractivity contribution in [3.63, 3.8) is 0 Å². The van der Waals surface area contributed by atoms with Crippen LogP contribution >= 0.6 is 0 Å². The van der Waals surface area contributed by atoms with Crippen molar-refractivity contribution < 1.29 is 24.0 Å². The van der Waals surface area contributed by atoms with E-state index in [1.165, 1.54) is 32.1 Å².